The van der Waals surface area contributed by atoms with E-state index in [9.17, 15) is 18.5 Å². The van der Waals surface area contributed by atoms with Crippen LogP contribution in [-0.4, -0.2) is 105 Å². The zero-order valence-corrected chi connectivity index (χ0v) is 30.1. The van der Waals surface area contributed by atoms with Crippen LogP contribution in [0.5, 0.6) is 11.6 Å². The van der Waals surface area contributed by atoms with Gasteiger partial charge in [-0.2, -0.15) is 9.57 Å². The molecule has 3 fully saturated rings. The van der Waals surface area contributed by atoms with E-state index in [1.165, 1.54) is 55.8 Å². The molecule has 2 aromatic carbocycles. The molecule has 13 nitrogen and oxygen atoms in total. The second-order valence-corrected chi connectivity index (χ2v) is 16.0. The summed E-state index contributed by atoms with van der Waals surface area (Å²) in [6, 6.07) is 15.9. The zero-order valence-electron chi connectivity index (χ0n) is 29.3. The third-order valence-electron chi connectivity index (χ3n) is 10.8. The van der Waals surface area contributed by atoms with Crippen molar-refractivity contribution in [2.75, 3.05) is 57.3 Å². The van der Waals surface area contributed by atoms with Gasteiger partial charge in [0, 0.05) is 55.4 Å². The number of piperidine rings is 1. The number of sulfonamides is 1. The van der Waals surface area contributed by atoms with Gasteiger partial charge in [0.05, 0.1) is 41.5 Å². The van der Waals surface area contributed by atoms with Crippen molar-refractivity contribution >= 4 is 27.6 Å². The fourth-order valence-electron chi connectivity index (χ4n) is 8.12. The Morgan fingerprint density at radius 2 is 1.76 bits per heavy atom. The van der Waals surface area contributed by atoms with E-state index in [0.29, 0.717) is 35.2 Å². The number of methoxy groups -OCH3 is 1. The normalized spacial score (nSPS) is 21.9. The van der Waals surface area contributed by atoms with Crippen LogP contribution in [0.25, 0.3) is 0 Å². The maximum Gasteiger partial charge on any atom is 0.318 e. The van der Waals surface area contributed by atoms with Gasteiger partial charge in [-0.3, -0.25) is 9.69 Å². The number of anilines is 1. The van der Waals surface area contributed by atoms with Crippen LogP contribution < -0.4 is 19.1 Å². The van der Waals surface area contributed by atoms with Gasteiger partial charge in [-0.1, -0.05) is 0 Å². The minimum absolute atomic E-state index is 0.0136. The van der Waals surface area contributed by atoms with Crippen LogP contribution in [0.4, 0.5) is 10.5 Å². The molecule has 0 bridgehead atoms. The van der Waals surface area contributed by atoms with Crippen LogP contribution in [0.2, 0.25) is 0 Å². The number of benzene rings is 2. The Morgan fingerprint density at radius 3 is 2.39 bits per heavy atom. The van der Waals surface area contributed by atoms with Crippen molar-refractivity contribution in [3.8, 4) is 17.7 Å². The molecule has 0 saturated carbocycles. The summed E-state index contributed by atoms with van der Waals surface area (Å²) >= 11 is 0. The minimum atomic E-state index is -4.53. The highest BCUT2D eigenvalue weighted by atomic mass is 32.2. The lowest BCUT2D eigenvalue weighted by atomic mass is 9.71. The summed E-state index contributed by atoms with van der Waals surface area (Å²) in [6.45, 7) is 11.5. The fourth-order valence-corrected chi connectivity index (χ4v) is 9.58. The number of nitrogens with zero attached hydrogens (tertiary/aromatic N) is 6. The Hall–Kier alpha value is -4.71. The minimum Gasteiger partial charge on any atom is -0.497 e. The number of nitrogens with one attached hydrogen (secondary N) is 1. The van der Waals surface area contributed by atoms with Gasteiger partial charge < -0.3 is 24.6 Å². The molecule has 3 amide bonds. The number of carbonyl (C=O) groups excluding carboxylic acids is 2. The number of nitriles is 1. The number of amides is 3. The molecule has 0 aliphatic carbocycles. The molecule has 3 aromatic rings. The average molecular weight is 714 g/mol. The largest absolute Gasteiger partial charge is 0.497 e. The number of likely N-dealkylation sites (tertiary alicyclic amines) is 3. The highest BCUT2D eigenvalue weighted by molar-refractivity contribution is 7.93. The van der Waals surface area contributed by atoms with E-state index in [1.54, 1.807) is 24.0 Å². The van der Waals surface area contributed by atoms with Gasteiger partial charge in [-0.05, 0) is 101 Å². The van der Waals surface area contributed by atoms with Gasteiger partial charge in [0.1, 0.15) is 5.75 Å². The molecular formula is C37H43N7O6S. The number of rotatable bonds is 9. The Labute approximate surface area is 298 Å². The quantitative estimate of drug-likeness (QED) is 0.349. The monoisotopic (exact) mass is 713 g/mol. The Bertz CT molecular complexity index is 1980. The molecule has 1 N–H and O–H groups in total. The van der Waals surface area contributed by atoms with E-state index in [1.807, 2.05) is 0 Å². The number of urea groups is 1. The second-order valence-electron chi connectivity index (χ2n) is 14.2. The van der Waals surface area contributed by atoms with Crippen molar-refractivity contribution < 1.29 is 27.5 Å². The number of fused-ring (bicyclic) bond motifs is 1. The molecule has 1 atom stereocenters. The van der Waals surface area contributed by atoms with Crippen LogP contribution >= 0.6 is 0 Å². The molecule has 4 aliphatic rings. The number of ether oxygens (including phenoxy) is 2. The molecule has 0 radical (unpaired) electrons. The SMILES string of the molecule is CCOc1ncccc1[C@]1(NC(=O)N2CC3(C2)CN(C2CCN(C(C)C)CC2)C3)C(=O)N(S(=O)(=O)c2ccc(OC)cc2)c2ccc(C#N)cc21. The molecule has 14 heteroatoms. The van der Waals surface area contributed by atoms with E-state index in [-0.39, 0.29) is 45.2 Å². The van der Waals surface area contributed by atoms with E-state index >= 15 is 4.79 Å². The van der Waals surface area contributed by atoms with Gasteiger partial charge in [0.25, 0.3) is 15.9 Å². The van der Waals surface area contributed by atoms with Crippen molar-refractivity contribution in [2.24, 2.45) is 5.41 Å². The fraction of sp³-hybridized carbons (Fsp3) is 0.459. The van der Waals surface area contributed by atoms with Gasteiger partial charge in [-0.15, -0.1) is 0 Å². The number of aromatic nitrogens is 1. The number of pyridine rings is 1. The summed E-state index contributed by atoms with van der Waals surface area (Å²) in [5, 5.41) is 12.9. The van der Waals surface area contributed by atoms with E-state index in [0.717, 1.165) is 39.0 Å². The van der Waals surface area contributed by atoms with Crippen molar-refractivity contribution in [3.05, 3.63) is 77.5 Å². The second kappa shape index (κ2) is 13.1. The number of hydrogen-bond acceptors (Lipinski definition) is 10. The molecule has 3 saturated heterocycles. The third kappa shape index (κ3) is 5.77. The summed E-state index contributed by atoms with van der Waals surface area (Å²) < 4.78 is 40.5. The topological polar surface area (TPSA) is 148 Å². The smallest absolute Gasteiger partial charge is 0.318 e. The summed E-state index contributed by atoms with van der Waals surface area (Å²) in [7, 11) is -3.06. The average Bonchev–Trinajstić information content (AvgIpc) is 3.35. The number of carbonyl (C=O) groups is 2. The maximum atomic E-state index is 15.0. The van der Waals surface area contributed by atoms with Crippen molar-refractivity contribution in [1.29, 1.82) is 5.26 Å². The summed E-state index contributed by atoms with van der Waals surface area (Å²) in [5.74, 6) is -0.440. The lowest BCUT2D eigenvalue weighted by molar-refractivity contribution is -0.124. The first kappa shape index (κ1) is 34.7. The predicted octanol–water partition coefficient (Wildman–Crippen LogP) is 3.54. The molecule has 0 unspecified atom stereocenters. The molecule has 5 heterocycles. The molecular weight excluding hydrogens is 671 g/mol. The number of hydrogen-bond donors (Lipinski definition) is 1. The van der Waals surface area contributed by atoms with Crippen LogP contribution in [0, 0.1) is 16.7 Å². The van der Waals surface area contributed by atoms with Crippen molar-refractivity contribution in [1.82, 2.24) is 25.0 Å². The molecule has 1 aromatic heterocycles. The van der Waals surface area contributed by atoms with Gasteiger partial charge >= 0.3 is 6.03 Å². The standard InChI is InChI=1S/C37H43N7O6S/c1-5-50-33-30(7-6-16-39-33)37(40-35(46)43-23-36(24-43)21-42(22-36)27-14-17-41(18-15-27)25(2)3)31-19-26(20-38)8-13-32(31)44(34(37)45)51(47,48)29-11-9-28(49-4)10-12-29/h6-13,16,19,25,27H,5,14-15,17-18,21-24H2,1-4H3,(H,40,46)/t37-/m1/s1. The van der Waals surface area contributed by atoms with Crippen molar-refractivity contribution in [3.63, 3.8) is 0 Å². The molecule has 7 rings (SSSR count). The van der Waals surface area contributed by atoms with E-state index < -0.39 is 27.5 Å². The summed E-state index contributed by atoms with van der Waals surface area (Å²) in [4.78, 5) is 40.3. The van der Waals surface area contributed by atoms with Crippen molar-refractivity contribution in [2.45, 2.75) is 56.1 Å². The third-order valence-corrected chi connectivity index (χ3v) is 12.5. The van der Waals surface area contributed by atoms with E-state index in [4.69, 9.17) is 9.47 Å². The maximum absolute atomic E-state index is 15.0. The molecule has 4 aliphatic heterocycles. The van der Waals surface area contributed by atoms with Crippen LogP contribution in [0.1, 0.15) is 50.3 Å². The Balaban J connectivity index is 1.21. The lowest BCUT2D eigenvalue weighted by Crippen LogP contribution is -2.76. The van der Waals surface area contributed by atoms with Crippen LogP contribution in [-0.2, 0) is 20.4 Å². The van der Waals surface area contributed by atoms with E-state index in [2.05, 4.69) is 40.0 Å². The molecule has 1 spiro atoms. The highest BCUT2D eigenvalue weighted by Gasteiger charge is 2.61. The first-order valence-electron chi connectivity index (χ1n) is 17.4. The van der Waals surface area contributed by atoms with Crippen LogP contribution in [0.15, 0.2) is 65.7 Å². The van der Waals surface area contributed by atoms with Gasteiger partial charge in [0.15, 0.2) is 5.54 Å². The Morgan fingerprint density at radius 1 is 1.06 bits per heavy atom. The molecule has 51 heavy (non-hydrogen) atoms. The first-order valence-corrected chi connectivity index (χ1v) is 18.8. The predicted molar refractivity (Wildman–Crippen MR) is 189 cm³/mol. The highest BCUT2D eigenvalue weighted by Crippen LogP contribution is 2.50. The molecule has 268 valence electrons. The first-order chi connectivity index (χ1) is 24.5. The Kier molecular flexibility index (Phi) is 8.93. The summed E-state index contributed by atoms with van der Waals surface area (Å²) in [6.07, 6.45) is 3.77. The van der Waals surface area contributed by atoms with Gasteiger partial charge in [-0.25, -0.2) is 18.2 Å². The summed E-state index contributed by atoms with van der Waals surface area (Å²) in [5.41, 5.74) is -1.62. The lowest BCUT2D eigenvalue weighted by Gasteiger charge is -2.62. The van der Waals surface area contributed by atoms with Crippen LogP contribution in [0.3, 0.4) is 0 Å². The zero-order chi connectivity index (χ0) is 36.1. The van der Waals surface area contributed by atoms with Gasteiger partial charge in [0.2, 0.25) is 5.88 Å².